The van der Waals surface area contributed by atoms with E-state index in [-0.39, 0.29) is 12.5 Å². The van der Waals surface area contributed by atoms with E-state index in [4.69, 9.17) is 0 Å². The normalized spacial score (nSPS) is 12.2. The molecule has 0 bridgehead atoms. The Morgan fingerprint density at radius 2 is 1.66 bits per heavy atom. The van der Waals surface area contributed by atoms with E-state index >= 15 is 0 Å². The first-order valence-corrected chi connectivity index (χ1v) is 11.5. The summed E-state index contributed by atoms with van der Waals surface area (Å²) in [7, 11) is 0. The topological polar surface area (TPSA) is 54.9 Å². The first-order valence-electron chi connectivity index (χ1n) is 11.5. The second kappa shape index (κ2) is 9.97. The van der Waals surface area contributed by atoms with Crippen molar-refractivity contribution in [2.75, 3.05) is 0 Å². The lowest BCUT2D eigenvalue weighted by Gasteiger charge is -2.13. The van der Waals surface area contributed by atoms with Gasteiger partial charge in [0.15, 0.2) is 11.6 Å². The van der Waals surface area contributed by atoms with Crippen LogP contribution in [0.5, 0.6) is 0 Å². The quantitative estimate of drug-likeness (QED) is 0.393. The first-order chi connectivity index (χ1) is 17.1. The minimum Gasteiger partial charge on any atom is -0.348 e. The number of allylic oxidation sites excluding steroid dienone is 1. The SMILES string of the molecule is O=C(NCc1ccc(F)c(F)c1)c1cccnc1CCc1ccccc1C1=CCc2ncccc21. The van der Waals surface area contributed by atoms with Crippen molar-refractivity contribution in [2.45, 2.75) is 25.8 Å². The number of hydrogen-bond donors (Lipinski definition) is 1. The first kappa shape index (κ1) is 22.6. The van der Waals surface area contributed by atoms with Gasteiger partial charge in [-0.1, -0.05) is 42.5 Å². The van der Waals surface area contributed by atoms with Crippen molar-refractivity contribution in [3.63, 3.8) is 0 Å². The largest absolute Gasteiger partial charge is 0.348 e. The Bertz CT molecular complexity index is 1430. The predicted molar refractivity (Wildman–Crippen MR) is 131 cm³/mol. The molecule has 174 valence electrons. The highest BCUT2D eigenvalue weighted by Crippen LogP contribution is 2.33. The van der Waals surface area contributed by atoms with Gasteiger partial charge in [0, 0.05) is 30.9 Å². The van der Waals surface area contributed by atoms with E-state index in [0.717, 1.165) is 29.8 Å². The average Bonchev–Trinajstić information content (AvgIpc) is 3.32. The van der Waals surface area contributed by atoms with Gasteiger partial charge >= 0.3 is 0 Å². The lowest BCUT2D eigenvalue weighted by atomic mass is 9.93. The molecular weight excluding hydrogens is 444 g/mol. The molecule has 1 aliphatic carbocycles. The molecule has 6 heteroatoms. The van der Waals surface area contributed by atoms with Gasteiger partial charge < -0.3 is 5.32 Å². The maximum absolute atomic E-state index is 13.5. The highest BCUT2D eigenvalue weighted by molar-refractivity contribution is 5.95. The van der Waals surface area contributed by atoms with Crippen molar-refractivity contribution in [3.05, 3.63) is 136 Å². The number of hydrogen-bond acceptors (Lipinski definition) is 3. The maximum atomic E-state index is 13.5. The van der Waals surface area contributed by atoms with Gasteiger partial charge in [-0.05, 0) is 65.4 Å². The molecule has 0 radical (unpaired) electrons. The standard InChI is InChI=1S/C29H23F2N3O/c30-25-12-9-19(17-26(25)31)18-34-29(35)24-8-4-16-33-28(24)13-10-20-5-1-2-6-21(20)22-11-14-27-23(22)7-3-15-32-27/h1-9,11-12,15-17H,10,13-14,18H2,(H,34,35). The number of rotatable bonds is 7. The van der Waals surface area contributed by atoms with Crippen LogP contribution < -0.4 is 5.32 Å². The van der Waals surface area contributed by atoms with Crippen LogP contribution in [0.4, 0.5) is 8.78 Å². The summed E-state index contributed by atoms with van der Waals surface area (Å²) in [6, 6.07) is 19.4. The van der Waals surface area contributed by atoms with Crippen molar-refractivity contribution in [3.8, 4) is 0 Å². The van der Waals surface area contributed by atoms with Crippen LogP contribution in [0.3, 0.4) is 0 Å². The number of carbonyl (C=O) groups excluding carboxylic acids is 1. The summed E-state index contributed by atoms with van der Waals surface area (Å²) in [4.78, 5) is 21.8. The second-order valence-corrected chi connectivity index (χ2v) is 8.41. The van der Waals surface area contributed by atoms with E-state index in [0.29, 0.717) is 29.7 Å². The number of nitrogens with one attached hydrogen (secondary N) is 1. The highest BCUT2D eigenvalue weighted by atomic mass is 19.2. The van der Waals surface area contributed by atoms with Crippen LogP contribution in [0.15, 0.2) is 85.2 Å². The molecule has 35 heavy (non-hydrogen) atoms. The maximum Gasteiger partial charge on any atom is 0.253 e. The smallest absolute Gasteiger partial charge is 0.253 e. The molecule has 0 atom stereocenters. The zero-order valence-electron chi connectivity index (χ0n) is 19.0. The van der Waals surface area contributed by atoms with E-state index in [1.165, 1.54) is 22.8 Å². The molecule has 0 aliphatic heterocycles. The van der Waals surface area contributed by atoms with Gasteiger partial charge in [0.1, 0.15) is 0 Å². The summed E-state index contributed by atoms with van der Waals surface area (Å²) >= 11 is 0. The number of nitrogens with zero attached hydrogens (tertiary/aromatic N) is 2. The van der Waals surface area contributed by atoms with Gasteiger partial charge in [0.2, 0.25) is 0 Å². The van der Waals surface area contributed by atoms with Crippen molar-refractivity contribution < 1.29 is 13.6 Å². The van der Waals surface area contributed by atoms with E-state index in [1.807, 2.05) is 24.4 Å². The number of benzene rings is 2. The summed E-state index contributed by atoms with van der Waals surface area (Å²) in [5.74, 6) is -2.15. The lowest BCUT2D eigenvalue weighted by Crippen LogP contribution is -2.24. The molecule has 1 amide bonds. The summed E-state index contributed by atoms with van der Waals surface area (Å²) in [6.45, 7) is 0.0921. The van der Waals surface area contributed by atoms with Crippen LogP contribution in [0.1, 0.15) is 44.0 Å². The molecule has 1 N–H and O–H groups in total. The van der Waals surface area contributed by atoms with Gasteiger partial charge in [0.05, 0.1) is 17.0 Å². The van der Waals surface area contributed by atoms with E-state index < -0.39 is 11.6 Å². The van der Waals surface area contributed by atoms with Crippen LogP contribution in [0.2, 0.25) is 0 Å². The Balaban J connectivity index is 1.31. The van der Waals surface area contributed by atoms with Crippen LogP contribution in [0.25, 0.3) is 5.57 Å². The molecule has 0 saturated heterocycles. The number of pyridine rings is 2. The van der Waals surface area contributed by atoms with Gasteiger partial charge in [-0.25, -0.2) is 8.78 Å². The van der Waals surface area contributed by atoms with Gasteiger partial charge in [-0.15, -0.1) is 0 Å². The third kappa shape index (κ3) is 4.87. The zero-order valence-corrected chi connectivity index (χ0v) is 19.0. The van der Waals surface area contributed by atoms with Crippen molar-refractivity contribution >= 4 is 11.5 Å². The molecule has 0 saturated carbocycles. The molecule has 5 rings (SSSR count). The average molecular weight is 468 g/mol. The van der Waals surface area contributed by atoms with E-state index in [2.05, 4.69) is 39.6 Å². The van der Waals surface area contributed by atoms with Crippen LogP contribution in [-0.2, 0) is 25.8 Å². The number of aryl methyl sites for hydroxylation is 2. The Morgan fingerprint density at radius 3 is 2.54 bits per heavy atom. The van der Waals surface area contributed by atoms with Crippen LogP contribution in [0, 0.1) is 11.6 Å². The monoisotopic (exact) mass is 467 g/mol. The minimum absolute atomic E-state index is 0.0921. The van der Waals surface area contributed by atoms with Crippen molar-refractivity contribution in [1.29, 1.82) is 0 Å². The highest BCUT2D eigenvalue weighted by Gasteiger charge is 2.19. The second-order valence-electron chi connectivity index (χ2n) is 8.41. The van der Waals surface area contributed by atoms with E-state index in [1.54, 1.807) is 18.3 Å². The summed E-state index contributed by atoms with van der Waals surface area (Å²) in [6.07, 6.45) is 7.83. The Hall–Kier alpha value is -4.19. The molecule has 0 unspecified atom stereocenters. The predicted octanol–water partition coefficient (Wildman–Crippen LogP) is 5.46. The third-order valence-corrected chi connectivity index (χ3v) is 6.19. The van der Waals surface area contributed by atoms with Gasteiger partial charge in [-0.3, -0.25) is 14.8 Å². The summed E-state index contributed by atoms with van der Waals surface area (Å²) in [5, 5.41) is 2.78. The molecule has 1 aliphatic rings. The fourth-order valence-corrected chi connectivity index (χ4v) is 4.43. The molecule has 4 aromatic rings. The Labute approximate surface area is 202 Å². The summed E-state index contributed by atoms with van der Waals surface area (Å²) < 4.78 is 26.6. The lowest BCUT2D eigenvalue weighted by molar-refractivity contribution is 0.0949. The molecule has 2 heterocycles. The number of aromatic nitrogens is 2. The fraction of sp³-hybridized carbons (Fsp3) is 0.138. The number of fused-ring (bicyclic) bond motifs is 1. The molecule has 2 aromatic heterocycles. The fourth-order valence-electron chi connectivity index (χ4n) is 4.43. The molecular formula is C29H23F2N3O. The van der Waals surface area contributed by atoms with Gasteiger partial charge in [0.25, 0.3) is 5.91 Å². The number of carbonyl (C=O) groups is 1. The zero-order chi connectivity index (χ0) is 24.2. The van der Waals surface area contributed by atoms with E-state index in [9.17, 15) is 13.6 Å². The summed E-state index contributed by atoms with van der Waals surface area (Å²) in [5.41, 5.74) is 7.42. The number of halogens is 2. The van der Waals surface area contributed by atoms with Crippen LogP contribution in [-0.4, -0.2) is 15.9 Å². The number of amides is 1. The minimum atomic E-state index is -0.937. The Kier molecular flexibility index (Phi) is 6.44. The van der Waals surface area contributed by atoms with Crippen LogP contribution >= 0.6 is 0 Å². The Morgan fingerprint density at radius 1 is 0.857 bits per heavy atom. The third-order valence-electron chi connectivity index (χ3n) is 6.19. The molecule has 2 aromatic carbocycles. The molecule has 0 spiro atoms. The van der Waals surface area contributed by atoms with Gasteiger partial charge in [-0.2, -0.15) is 0 Å². The van der Waals surface area contributed by atoms with Crippen molar-refractivity contribution in [2.24, 2.45) is 0 Å². The molecule has 0 fully saturated rings. The van der Waals surface area contributed by atoms with Crippen molar-refractivity contribution in [1.82, 2.24) is 15.3 Å². The molecule has 4 nitrogen and oxygen atoms in total.